The Morgan fingerprint density at radius 1 is 1.21 bits per heavy atom. The van der Waals surface area contributed by atoms with Crippen LogP contribution in [0.15, 0.2) is 24.3 Å². The number of hydrogen-bond donors (Lipinski definition) is 3. The summed E-state index contributed by atoms with van der Waals surface area (Å²) in [6.45, 7) is 12.5. The number of amides is 3. The molecule has 0 spiro atoms. The summed E-state index contributed by atoms with van der Waals surface area (Å²) in [4.78, 5) is 27.7. The fraction of sp³-hybridized carbons (Fsp3) is 0.636. The van der Waals surface area contributed by atoms with Gasteiger partial charge in [0.25, 0.3) is 0 Å². The van der Waals surface area contributed by atoms with Gasteiger partial charge in [-0.25, -0.2) is 4.79 Å². The van der Waals surface area contributed by atoms with E-state index in [0.29, 0.717) is 6.42 Å². The zero-order valence-electron chi connectivity index (χ0n) is 18.0. The Labute approximate surface area is 168 Å². The molecule has 6 nitrogen and oxygen atoms in total. The quantitative estimate of drug-likeness (QED) is 0.721. The molecule has 1 aromatic carbocycles. The van der Waals surface area contributed by atoms with Crippen molar-refractivity contribution in [3.8, 4) is 5.75 Å². The van der Waals surface area contributed by atoms with Crippen molar-refractivity contribution in [1.82, 2.24) is 15.5 Å². The molecule has 1 aliphatic heterocycles. The molecule has 0 aromatic heterocycles. The van der Waals surface area contributed by atoms with E-state index in [-0.39, 0.29) is 23.7 Å². The molecule has 2 atom stereocenters. The van der Waals surface area contributed by atoms with Crippen molar-refractivity contribution in [1.29, 1.82) is 0 Å². The molecule has 3 amide bonds. The Hall–Kier alpha value is -2.24. The van der Waals surface area contributed by atoms with E-state index < -0.39 is 17.0 Å². The number of hydrogen-bond acceptors (Lipinski definition) is 3. The molecule has 0 bridgehead atoms. The molecule has 0 radical (unpaired) electrons. The zero-order valence-corrected chi connectivity index (χ0v) is 18.0. The van der Waals surface area contributed by atoms with Crippen molar-refractivity contribution in [2.75, 3.05) is 6.54 Å². The highest BCUT2D eigenvalue weighted by Crippen LogP contribution is 2.26. The molecule has 28 heavy (non-hydrogen) atoms. The number of benzene rings is 1. The van der Waals surface area contributed by atoms with Gasteiger partial charge in [-0.1, -0.05) is 39.0 Å². The average molecular weight is 390 g/mol. The van der Waals surface area contributed by atoms with E-state index in [1.54, 1.807) is 12.1 Å². The third kappa shape index (κ3) is 5.63. The van der Waals surface area contributed by atoms with Crippen molar-refractivity contribution in [3.63, 3.8) is 0 Å². The highest BCUT2D eigenvalue weighted by molar-refractivity contribution is 5.88. The first kappa shape index (κ1) is 22.1. The van der Waals surface area contributed by atoms with E-state index in [2.05, 4.69) is 17.6 Å². The molecule has 2 rings (SSSR count). The minimum absolute atomic E-state index is 0.0221. The SMILES string of the molecule is CC1CCCN1C(=O)C(NC(=O)NC(C)(C)Cc1ccccc1O)C(C)(C)C. The lowest BCUT2D eigenvalue weighted by Crippen LogP contribution is -2.59. The van der Waals surface area contributed by atoms with Crippen LogP contribution >= 0.6 is 0 Å². The van der Waals surface area contributed by atoms with Crippen molar-refractivity contribution < 1.29 is 14.7 Å². The first-order chi connectivity index (χ1) is 12.9. The Balaban J connectivity index is 2.06. The van der Waals surface area contributed by atoms with Gasteiger partial charge in [-0.3, -0.25) is 4.79 Å². The van der Waals surface area contributed by atoms with Crippen molar-refractivity contribution >= 4 is 11.9 Å². The first-order valence-electron chi connectivity index (χ1n) is 10.1. The molecule has 1 heterocycles. The van der Waals surface area contributed by atoms with Crippen LogP contribution in [-0.2, 0) is 11.2 Å². The van der Waals surface area contributed by atoms with Crippen LogP contribution in [0, 0.1) is 5.41 Å². The van der Waals surface area contributed by atoms with Gasteiger partial charge < -0.3 is 20.6 Å². The number of nitrogens with zero attached hydrogens (tertiary/aromatic N) is 1. The molecule has 1 fully saturated rings. The summed E-state index contributed by atoms with van der Waals surface area (Å²) in [6.07, 6.45) is 2.48. The highest BCUT2D eigenvalue weighted by atomic mass is 16.3. The lowest BCUT2D eigenvalue weighted by molar-refractivity contribution is -0.136. The van der Waals surface area contributed by atoms with E-state index in [0.717, 1.165) is 24.9 Å². The number of phenols is 1. The smallest absolute Gasteiger partial charge is 0.315 e. The van der Waals surface area contributed by atoms with Crippen LogP contribution in [0.25, 0.3) is 0 Å². The zero-order chi connectivity index (χ0) is 21.1. The van der Waals surface area contributed by atoms with Gasteiger partial charge in [0.2, 0.25) is 5.91 Å². The Morgan fingerprint density at radius 2 is 1.86 bits per heavy atom. The Bertz CT molecular complexity index is 709. The van der Waals surface area contributed by atoms with E-state index in [1.807, 2.05) is 51.7 Å². The summed E-state index contributed by atoms with van der Waals surface area (Å²) in [7, 11) is 0. The van der Waals surface area contributed by atoms with Crippen LogP contribution in [0.2, 0.25) is 0 Å². The van der Waals surface area contributed by atoms with Gasteiger partial charge in [-0.2, -0.15) is 0 Å². The fourth-order valence-electron chi connectivity index (χ4n) is 3.73. The average Bonchev–Trinajstić information content (AvgIpc) is 2.98. The van der Waals surface area contributed by atoms with Gasteiger partial charge >= 0.3 is 6.03 Å². The molecule has 156 valence electrons. The van der Waals surface area contributed by atoms with Crippen molar-refractivity contribution in [2.24, 2.45) is 5.41 Å². The molecule has 1 saturated heterocycles. The second-order valence-electron chi connectivity index (χ2n) is 9.61. The number of urea groups is 1. The van der Waals surface area contributed by atoms with Crippen LogP contribution < -0.4 is 10.6 Å². The largest absolute Gasteiger partial charge is 0.508 e. The number of para-hydroxylation sites is 1. The van der Waals surface area contributed by atoms with Crippen molar-refractivity contribution in [2.45, 2.75) is 78.4 Å². The van der Waals surface area contributed by atoms with E-state index in [4.69, 9.17) is 0 Å². The summed E-state index contributed by atoms with van der Waals surface area (Å²) < 4.78 is 0. The number of phenolic OH excluding ortho intramolecular Hbond substituents is 1. The lowest BCUT2D eigenvalue weighted by Gasteiger charge is -2.36. The predicted molar refractivity (Wildman–Crippen MR) is 111 cm³/mol. The number of carbonyl (C=O) groups excluding carboxylic acids is 2. The van der Waals surface area contributed by atoms with Crippen LogP contribution in [0.5, 0.6) is 5.75 Å². The van der Waals surface area contributed by atoms with Gasteiger partial charge in [-0.05, 0) is 57.1 Å². The number of aromatic hydroxyl groups is 1. The molecule has 1 aliphatic rings. The summed E-state index contributed by atoms with van der Waals surface area (Å²) >= 11 is 0. The number of rotatable bonds is 5. The maximum Gasteiger partial charge on any atom is 0.315 e. The third-order valence-corrected chi connectivity index (χ3v) is 5.30. The summed E-state index contributed by atoms with van der Waals surface area (Å²) in [5.41, 5.74) is -0.226. The fourth-order valence-corrected chi connectivity index (χ4v) is 3.73. The van der Waals surface area contributed by atoms with Gasteiger partial charge in [-0.15, -0.1) is 0 Å². The Morgan fingerprint density at radius 3 is 2.39 bits per heavy atom. The standard InChI is InChI=1S/C22H35N3O3/c1-15-10-9-13-25(15)19(27)18(21(2,3)4)23-20(28)24-22(5,6)14-16-11-7-8-12-17(16)26/h7-8,11-12,15,18,26H,9-10,13-14H2,1-6H3,(H2,23,24,28). The lowest BCUT2D eigenvalue weighted by atomic mass is 9.85. The van der Waals surface area contributed by atoms with E-state index in [1.165, 1.54) is 0 Å². The van der Waals surface area contributed by atoms with Crippen LogP contribution in [-0.4, -0.2) is 46.1 Å². The number of nitrogens with one attached hydrogen (secondary N) is 2. The predicted octanol–water partition coefficient (Wildman–Crippen LogP) is 3.44. The number of likely N-dealkylation sites (tertiary alicyclic amines) is 1. The molecule has 6 heteroatoms. The summed E-state index contributed by atoms with van der Waals surface area (Å²) in [5.74, 6) is 0.190. The molecular weight excluding hydrogens is 354 g/mol. The highest BCUT2D eigenvalue weighted by Gasteiger charge is 2.39. The first-order valence-corrected chi connectivity index (χ1v) is 10.1. The minimum atomic E-state index is -0.603. The minimum Gasteiger partial charge on any atom is -0.508 e. The Kier molecular flexibility index (Phi) is 6.63. The van der Waals surface area contributed by atoms with Crippen LogP contribution in [0.1, 0.15) is 59.9 Å². The van der Waals surface area contributed by atoms with Crippen molar-refractivity contribution in [3.05, 3.63) is 29.8 Å². The summed E-state index contributed by atoms with van der Waals surface area (Å²) in [5, 5.41) is 15.9. The molecule has 0 saturated carbocycles. The van der Waals surface area contributed by atoms with Gasteiger partial charge in [0.05, 0.1) is 0 Å². The third-order valence-electron chi connectivity index (χ3n) is 5.30. The maximum atomic E-state index is 13.1. The molecule has 0 aliphatic carbocycles. The molecule has 3 N–H and O–H groups in total. The van der Waals surface area contributed by atoms with Gasteiger partial charge in [0.1, 0.15) is 11.8 Å². The van der Waals surface area contributed by atoms with Crippen LogP contribution in [0.3, 0.4) is 0 Å². The van der Waals surface area contributed by atoms with E-state index >= 15 is 0 Å². The molecule has 1 aromatic rings. The summed E-state index contributed by atoms with van der Waals surface area (Å²) in [6, 6.07) is 6.33. The van der Waals surface area contributed by atoms with Gasteiger partial charge in [0.15, 0.2) is 0 Å². The molecular formula is C22H35N3O3. The maximum absolute atomic E-state index is 13.1. The second kappa shape index (κ2) is 8.41. The molecule has 2 unspecified atom stereocenters. The topological polar surface area (TPSA) is 81.7 Å². The van der Waals surface area contributed by atoms with E-state index in [9.17, 15) is 14.7 Å². The monoisotopic (exact) mass is 389 g/mol. The van der Waals surface area contributed by atoms with Crippen LogP contribution in [0.4, 0.5) is 4.79 Å². The van der Waals surface area contributed by atoms with Gasteiger partial charge in [0, 0.05) is 18.1 Å². The second-order valence-corrected chi connectivity index (χ2v) is 9.61. The number of carbonyl (C=O) groups is 2. The normalized spacial score (nSPS) is 18.6.